The van der Waals surface area contributed by atoms with Gasteiger partial charge in [-0.1, -0.05) is 342 Å². The lowest BCUT2D eigenvalue weighted by Crippen LogP contribution is -2.30. The Balaban J connectivity index is 5.16. The summed E-state index contributed by atoms with van der Waals surface area (Å²) in [5.41, 5.74) is 0. The van der Waals surface area contributed by atoms with Crippen LogP contribution in [0.1, 0.15) is 394 Å². The maximum atomic E-state index is 13.1. The predicted molar refractivity (Wildman–Crippen MR) is 377 cm³/mol. The zero-order valence-electron chi connectivity index (χ0n) is 60.2. The Morgan fingerprint density at radius 3 is 0.634 bits per heavy atom. The third kappa shape index (κ3) is 68.4. The van der Waals surface area contributed by atoms with Crippen molar-refractivity contribution in [3.8, 4) is 0 Å². The SMILES string of the molecule is CCCCCCCCCCCCCCCCCCCCCCCC(=O)O[C@H](COC(=O)CCCCCCCCCCCCCCCC)COP(=O)(O)OC[C@@H](O)COP(=O)(O)OC[C@@H](COC(=O)CCCCCCCCCCC)OC(=O)CCCCCCCCCCC. The largest absolute Gasteiger partial charge is 0.472 e. The standard InChI is InChI=1S/C74H144O17P2/c1-5-9-13-17-21-25-27-29-31-32-33-34-35-36-37-39-41-45-49-53-57-61-74(79)91-70(65-85-72(77)59-55-51-47-44-40-38-30-28-26-22-18-14-10-6-2)67-89-93(82,83)87-63-68(75)62-86-92(80,81)88-66-69(90-73(78)60-56-52-48-43-24-20-16-12-8-4)64-84-71(76)58-54-50-46-42-23-19-15-11-7-3/h68-70,75H,5-67H2,1-4H3,(H,80,81)(H,82,83)/t68-,69+,70+/m0/s1. The number of aliphatic hydroxyl groups is 1. The van der Waals surface area contributed by atoms with E-state index in [9.17, 15) is 43.2 Å². The second kappa shape index (κ2) is 68.6. The Hall–Kier alpha value is -1.94. The highest BCUT2D eigenvalue weighted by Crippen LogP contribution is 2.45. The third-order valence-corrected chi connectivity index (χ3v) is 19.3. The van der Waals surface area contributed by atoms with Gasteiger partial charge in [-0.25, -0.2) is 9.13 Å². The molecule has 17 nitrogen and oxygen atoms in total. The van der Waals surface area contributed by atoms with E-state index in [0.29, 0.717) is 25.7 Å². The maximum Gasteiger partial charge on any atom is 0.472 e. The number of hydrogen-bond donors (Lipinski definition) is 3. The van der Waals surface area contributed by atoms with Gasteiger partial charge in [0.1, 0.15) is 19.3 Å². The predicted octanol–water partition coefficient (Wildman–Crippen LogP) is 21.8. The number of aliphatic hydroxyl groups excluding tert-OH is 1. The van der Waals surface area contributed by atoms with Crippen LogP contribution in [0.3, 0.4) is 0 Å². The van der Waals surface area contributed by atoms with Crippen molar-refractivity contribution in [2.24, 2.45) is 0 Å². The summed E-state index contributed by atoms with van der Waals surface area (Å²) in [6.07, 6.45) is 58.4. The fourth-order valence-electron chi connectivity index (χ4n) is 11.4. The molecule has 0 rings (SSSR count). The van der Waals surface area contributed by atoms with Gasteiger partial charge in [0.25, 0.3) is 0 Å². The minimum Gasteiger partial charge on any atom is -0.462 e. The topological polar surface area (TPSA) is 237 Å². The molecular formula is C74H144O17P2. The molecule has 0 fully saturated rings. The Morgan fingerprint density at radius 1 is 0.258 bits per heavy atom. The second-order valence-electron chi connectivity index (χ2n) is 26.7. The first-order valence-electron chi connectivity index (χ1n) is 38.8. The number of ether oxygens (including phenoxy) is 4. The van der Waals surface area contributed by atoms with Crippen LogP contribution in [0.2, 0.25) is 0 Å². The van der Waals surface area contributed by atoms with E-state index >= 15 is 0 Å². The highest BCUT2D eigenvalue weighted by Gasteiger charge is 2.30. The van der Waals surface area contributed by atoms with Crippen LogP contribution >= 0.6 is 15.6 Å². The molecule has 0 bridgehead atoms. The number of phosphoric acid groups is 2. The number of carbonyl (C=O) groups is 4. The van der Waals surface area contributed by atoms with Gasteiger partial charge in [0.2, 0.25) is 0 Å². The van der Waals surface area contributed by atoms with Crippen molar-refractivity contribution in [3.05, 3.63) is 0 Å². The minimum absolute atomic E-state index is 0.106. The zero-order valence-corrected chi connectivity index (χ0v) is 62.0. The summed E-state index contributed by atoms with van der Waals surface area (Å²) in [5, 5.41) is 10.6. The summed E-state index contributed by atoms with van der Waals surface area (Å²) in [7, 11) is -9.90. The molecule has 0 saturated carbocycles. The van der Waals surface area contributed by atoms with Gasteiger partial charge in [-0.3, -0.25) is 37.3 Å². The maximum absolute atomic E-state index is 13.1. The summed E-state index contributed by atoms with van der Waals surface area (Å²) in [4.78, 5) is 72.6. The second-order valence-corrected chi connectivity index (χ2v) is 29.6. The van der Waals surface area contributed by atoms with E-state index in [1.54, 1.807) is 0 Å². The van der Waals surface area contributed by atoms with Crippen molar-refractivity contribution in [2.75, 3.05) is 39.6 Å². The van der Waals surface area contributed by atoms with E-state index in [1.165, 1.54) is 225 Å². The smallest absolute Gasteiger partial charge is 0.462 e. The summed E-state index contributed by atoms with van der Waals surface area (Å²) >= 11 is 0. The molecule has 0 heterocycles. The average Bonchev–Trinajstić information content (AvgIpc) is 1.85. The van der Waals surface area contributed by atoms with Gasteiger partial charge in [0.05, 0.1) is 26.4 Å². The van der Waals surface area contributed by atoms with Gasteiger partial charge in [0.15, 0.2) is 12.2 Å². The monoisotopic (exact) mass is 1370 g/mol. The summed E-state index contributed by atoms with van der Waals surface area (Å²) in [6.45, 7) is 4.94. The Bertz CT molecular complexity index is 1770. The van der Waals surface area contributed by atoms with Gasteiger partial charge < -0.3 is 33.8 Å². The molecule has 0 spiro atoms. The number of hydrogen-bond acceptors (Lipinski definition) is 15. The molecular weight excluding hydrogens is 1220 g/mol. The number of carbonyl (C=O) groups excluding carboxylic acids is 4. The molecule has 0 amide bonds. The van der Waals surface area contributed by atoms with Gasteiger partial charge in [-0.05, 0) is 25.7 Å². The number of phosphoric ester groups is 2. The van der Waals surface area contributed by atoms with Crippen molar-refractivity contribution in [2.45, 2.75) is 412 Å². The average molecular weight is 1370 g/mol. The van der Waals surface area contributed by atoms with E-state index < -0.39 is 97.5 Å². The van der Waals surface area contributed by atoms with E-state index in [1.807, 2.05) is 0 Å². The highest BCUT2D eigenvalue weighted by molar-refractivity contribution is 7.47. The molecule has 5 atom stereocenters. The zero-order chi connectivity index (χ0) is 68.2. The van der Waals surface area contributed by atoms with Crippen molar-refractivity contribution < 1.29 is 80.2 Å². The molecule has 0 aromatic heterocycles. The van der Waals surface area contributed by atoms with Gasteiger partial charge in [0, 0.05) is 25.7 Å². The summed E-state index contributed by atoms with van der Waals surface area (Å²) < 4.78 is 68.3. The fraction of sp³-hybridized carbons (Fsp3) is 0.946. The van der Waals surface area contributed by atoms with Crippen LogP contribution in [-0.4, -0.2) is 96.7 Å². The van der Waals surface area contributed by atoms with Crippen molar-refractivity contribution in [3.63, 3.8) is 0 Å². The number of unbranched alkanes of at least 4 members (excludes halogenated alkanes) is 49. The molecule has 2 unspecified atom stereocenters. The van der Waals surface area contributed by atoms with Gasteiger partial charge in [-0.15, -0.1) is 0 Å². The van der Waals surface area contributed by atoms with E-state index in [2.05, 4.69) is 27.7 Å². The van der Waals surface area contributed by atoms with Crippen LogP contribution in [0.5, 0.6) is 0 Å². The summed E-state index contributed by atoms with van der Waals surface area (Å²) in [6, 6.07) is 0. The number of rotatable bonds is 75. The molecule has 0 aliphatic heterocycles. The molecule has 93 heavy (non-hydrogen) atoms. The van der Waals surface area contributed by atoms with Gasteiger partial charge >= 0.3 is 39.5 Å². The van der Waals surface area contributed by atoms with Crippen LogP contribution < -0.4 is 0 Å². The first kappa shape index (κ1) is 91.1. The lowest BCUT2D eigenvalue weighted by Gasteiger charge is -2.21. The van der Waals surface area contributed by atoms with E-state index in [0.717, 1.165) is 89.9 Å². The van der Waals surface area contributed by atoms with Crippen molar-refractivity contribution >= 4 is 39.5 Å². The minimum atomic E-state index is -4.95. The molecule has 0 aromatic carbocycles. The lowest BCUT2D eigenvalue weighted by molar-refractivity contribution is -0.161. The van der Waals surface area contributed by atoms with Crippen LogP contribution in [-0.2, 0) is 65.4 Å². The number of esters is 4. The molecule has 0 aliphatic carbocycles. The normalized spacial score (nSPS) is 13.9. The molecule has 0 aliphatic rings. The van der Waals surface area contributed by atoms with Crippen molar-refractivity contribution in [1.82, 2.24) is 0 Å². The first-order valence-corrected chi connectivity index (χ1v) is 41.8. The molecule has 552 valence electrons. The van der Waals surface area contributed by atoms with E-state index in [4.69, 9.17) is 37.0 Å². The molecule has 3 N–H and O–H groups in total. The van der Waals surface area contributed by atoms with Crippen LogP contribution in [0.25, 0.3) is 0 Å². The first-order chi connectivity index (χ1) is 45.2. The van der Waals surface area contributed by atoms with Crippen LogP contribution in [0, 0.1) is 0 Å². The fourth-order valence-corrected chi connectivity index (χ4v) is 13.0. The lowest BCUT2D eigenvalue weighted by atomic mass is 10.0. The van der Waals surface area contributed by atoms with Gasteiger partial charge in [-0.2, -0.15) is 0 Å². The summed E-state index contributed by atoms with van der Waals surface area (Å²) in [5.74, 6) is -2.12. The molecule has 0 aromatic rings. The Morgan fingerprint density at radius 2 is 0.430 bits per heavy atom. The Kier molecular flexibility index (Phi) is 67.1. The molecule has 19 heteroatoms. The highest BCUT2D eigenvalue weighted by atomic mass is 31.2. The Labute approximate surface area is 568 Å². The third-order valence-electron chi connectivity index (χ3n) is 17.4. The van der Waals surface area contributed by atoms with E-state index in [-0.39, 0.29) is 25.7 Å². The quantitative estimate of drug-likeness (QED) is 0.0222. The molecule has 0 radical (unpaired) electrons. The van der Waals surface area contributed by atoms with Crippen molar-refractivity contribution in [1.29, 1.82) is 0 Å². The van der Waals surface area contributed by atoms with Crippen LogP contribution in [0.15, 0.2) is 0 Å². The van der Waals surface area contributed by atoms with Crippen LogP contribution in [0.4, 0.5) is 0 Å². The molecule has 0 saturated heterocycles.